The summed E-state index contributed by atoms with van der Waals surface area (Å²) in [6.07, 6.45) is 2.13. The van der Waals surface area contributed by atoms with Gasteiger partial charge in [0.15, 0.2) is 6.23 Å². The minimum Gasteiger partial charge on any atom is -0.475 e. The molecule has 3 rings (SSSR count). The molecule has 2 unspecified atom stereocenters. The molecule has 0 bridgehead atoms. The molecule has 2 aromatic rings. The van der Waals surface area contributed by atoms with Gasteiger partial charge in [-0.05, 0) is 48.7 Å². The lowest BCUT2D eigenvalue weighted by molar-refractivity contribution is 0.0650. The molecule has 0 aliphatic carbocycles. The smallest absolute Gasteiger partial charge is 0.152 e. The second kappa shape index (κ2) is 6.93. The summed E-state index contributed by atoms with van der Waals surface area (Å²) in [6, 6.07) is 16.8. The first-order valence-corrected chi connectivity index (χ1v) is 7.95. The lowest BCUT2D eigenvalue weighted by atomic mass is 9.98. The summed E-state index contributed by atoms with van der Waals surface area (Å²) in [7, 11) is 0. The van der Waals surface area contributed by atoms with Gasteiger partial charge in [-0.3, -0.25) is 4.90 Å². The van der Waals surface area contributed by atoms with Crippen LogP contribution in [0.3, 0.4) is 0 Å². The summed E-state index contributed by atoms with van der Waals surface area (Å²) in [4.78, 5) is 2.38. The van der Waals surface area contributed by atoms with Crippen LogP contribution >= 0.6 is 0 Å². The fourth-order valence-corrected chi connectivity index (χ4v) is 3.17. The van der Waals surface area contributed by atoms with Gasteiger partial charge >= 0.3 is 0 Å². The van der Waals surface area contributed by atoms with Gasteiger partial charge in [0.2, 0.25) is 0 Å². The number of benzene rings is 2. The van der Waals surface area contributed by atoms with Gasteiger partial charge in [-0.15, -0.1) is 0 Å². The van der Waals surface area contributed by atoms with E-state index in [2.05, 4.69) is 11.8 Å². The zero-order valence-electron chi connectivity index (χ0n) is 12.9. The third kappa shape index (κ3) is 3.66. The van der Waals surface area contributed by atoms with Gasteiger partial charge in [0.05, 0.1) is 0 Å². The van der Waals surface area contributed by atoms with Crippen molar-refractivity contribution in [1.82, 2.24) is 4.90 Å². The molecule has 1 fully saturated rings. The monoisotopic (exact) mass is 299 g/mol. The first-order chi connectivity index (χ1) is 10.7. The predicted octanol–water partition coefficient (Wildman–Crippen LogP) is 4.12. The molecule has 0 saturated carbocycles. The Kier molecular flexibility index (Phi) is 4.74. The van der Waals surface area contributed by atoms with Crippen LogP contribution in [0.1, 0.15) is 18.9 Å². The van der Waals surface area contributed by atoms with Crippen LogP contribution in [0.15, 0.2) is 54.6 Å². The van der Waals surface area contributed by atoms with E-state index >= 15 is 0 Å². The van der Waals surface area contributed by atoms with E-state index in [-0.39, 0.29) is 12.0 Å². The van der Waals surface area contributed by atoms with Crippen LogP contribution in [0, 0.1) is 11.7 Å². The normalized spacial score (nSPS) is 21.9. The second-order valence-corrected chi connectivity index (χ2v) is 5.91. The highest BCUT2D eigenvalue weighted by molar-refractivity contribution is 5.21. The van der Waals surface area contributed by atoms with Crippen molar-refractivity contribution in [2.45, 2.75) is 26.0 Å². The standard InChI is InChI=1S/C19H22FNO/c1-2-21-14-16(12-15-8-10-17(20)11-9-15)13-19(21)22-18-6-4-3-5-7-18/h3-11,16,19H,2,12-14H2,1H3. The molecular weight excluding hydrogens is 277 g/mol. The summed E-state index contributed by atoms with van der Waals surface area (Å²) in [5.41, 5.74) is 1.20. The highest BCUT2D eigenvalue weighted by Crippen LogP contribution is 2.28. The lowest BCUT2D eigenvalue weighted by Crippen LogP contribution is -2.33. The van der Waals surface area contributed by atoms with Crippen molar-refractivity contribution in [3.63, 3.8) is 0 Å². The largest absolute Gasteiger partial charge is 0.475 e. The summed E-state index contributed by atoms with van der Waals surface area (Å²) in [5, 5.41) is 0. The van der Waals surface area contributed by atoms with Crippen LogP contribution in [0.4, 0.5) is 4.39 Å². The van der Waals surface area contributed by atoms with Gasteiger partial charge < -0.3 is 4.74 Å². The molecular formula is C19H22FNO. The van der Waals surface area contributed by atoms with Crippen LogP contribution in [0.25, 0.3) is 0 Å². The molecule has 0 aromatic heterocycles. The number of ether oxygens (including phenoxy) is 1. The van der Waals surface area contributed by atoms with Crippen molar-refractivity contribution in [3.8, 4) is 5.75 Å². The van der Waals surface area contributed by atoms with Crippen molar-refractivity contribution in [2.24, 2.45) is 5.92 Å². The average Bonchev–Trinajstić information content (AvgIpc) is 2.92. The van der Waals surface area contributed by atoms with E-state index in [1.165, 1.54) is 5.56 Å². The quantitative estimate of drug-likeness (QED) is 0.823. The Morgan fingerprint density at radius 1 is 1.09 bits per heavy atom. The number of halogens is 1. The van der Waals surface area contributed by atoms with E-state index in [0.717, 1.165) is 31.7 Å². The topological polar surface area (TPSA) is 12.5 Å². The van der Waals surface area contributed by atoms with E-state index < -0.39 is 0 Å². The van der Waals surface area contributed by atoms with E-state index in [1.807, 2.05) is 42.5 Å². The molecule has 2 nitrogen and oxygen atoms in total. The molecule has 1 aliphatic heterocycles. The number of nitrogens with zero attached hydrogens (tertiary/aromatic N) is 1. The third-order valence-electron chi connectivity index (χ3n) is 4.29. The van der Waals surface area contributed by atoms with Gasteiger partial charge in [0, 0.05) is 13.0 Å². The van der Waals surface area contributed by atoms with Crippen LogP contribution in [-0.4, -0.2) is 24.2 Å². The fourth-order valence-electron chi connectivity index (χ4n) is 3.17. The molecule has 1 aliphatic rings. The number of rotatable bonds is 5. The van der Waals surface area contributed by atoms with Crippen molar-refractivity contribution in [1.29, 1.82) is 0 Å². The zero-order chi connectivity index (χ0) is 15.4. The Bertz CT molecular complexity index is 584. The Morgan fingerprint density at radius 3 is 2.50 bits per heavy atom. The van der Waals surface area contributed by atoms with Crippen molar-refractivity contribution < 1.29 is 9.13 Å². The molecule has 1 heterocycles. The van der Waals surface area contributed by atoms with E-state index in [1.54, 1.807) is 12.1 Å². The molecule has 0 spiro atoms. The number of hydrogen-bond donors (Lipinski definition) is 0. The lowest BCUT2D eigenvalue weighted by Gasteiger charge is -2.23. The Balaban J connectivity index is 1.62. The van der Waals surface area contributed by atoms with E-state index in [0.29, 0.717) is 5.92 Å². The summed E-state index contributed by atoms with van der Waals surface area (Å²) in [5.74, 6) is 1.31. The molecule has 3 heteroatoms. The molecule has 116 valence electrons. The molecule has 2 aromatic carbocycles. The Labute approximate surface area is 131 Å². The van der Waals surface area contributed by atoms with Crippen LogP contribution in [0.5, 0.6) is 5.75 Å². The van der Waals surface area contributed by atoms with Gasteiger partial charge in [0.1, 0.15) is 11.6 Å². The van der Waals surface area contributed by atoms with Gasteiger partial charge in [-0.2, -0.15) is 0 Å². The first kappa shape index (κ1) is 15.0. The summed E-state index contributed by atoms with van der Waals surface area (Å²) in [6.45, 7) is 4.18. The van der Waals surface area contributed by atoms with Gasteiger partial charge in [-0.25, -0.2) is 4.39 Å². The minimum atomic E-state index is -0.171. The summed E-state index contributed by atoms with van der Waals surface area (Å²) < 4.78 is 19.1. The third-order valence-corrected chi connectivity index (χ3v) is 4.29. The van der Waals surface area contributed by atoms with Crippen LogP contribution in [-0.2, 0) is 6.42 Å². The van der Waals surface area contributed by atoms with Crippen molar-refractivity contribution in [2.75, 3.05) is 13.1 Å². The highest BCUT2D eigenvalue weighted by Gasteiger charge is 2.32. The molecule has 0 N–H and O–H groups in total. The van der Waals surface area contributed by atoms with E-state index in [4.69, 9.17) is 4.74 Å². The fraction of sp³-hybridized carbons (Fsp3) is 0.368. The van der Waals surface area contributed by atoms with Crippen LogP contribution in [0.2, 0.25) is 0 Å². The number of hydrogen-bond acceptors (Lipinski definition) is 2. The maximum absolute atomic E-state index is 13.0. The van der Waals surface area contributed by atoms with Gasteiger partial charge in [-0.1, -0.05) is 37.3 Å². The highest BCUT2D eigenvalue weighted by atomic mass is 19.1. The SMILES string of the molecule is CCN1CC(Cc2ccc(F)cc2)CC1Oc1ccccc1. The molecule has 1 saturated heterocycles. The van der Waals surface area contributed by atoms with Crippen molar-refractivity contribution in [3.05, 3.63) is 66.0 Å². The molecule has 0 amide bonds. The zero-order valence-corrected chi connectivity index (χ0v) is 12.9. The number of likely N-dealkylation sites (tertiary alicyclic amines) is 1. The average molecular weight is 299 g/mol. The molecule has 0 radical (unpaired) electrons. The van der Waals surface area contributed by atoms with E-state index in [9.17, 15) is 4.39 Å². The number of para-hydroxylation sites is 1. The van der Waals surface area contributed by atoms with Crippen LogP contribution < -0.4 is 4.74 Å². The molecule has 2 atom stereocenters. The predicted molar refractivity (Wildman–Crippen MR) is 86.3 cm³/mol. The second-order valence-electron chi connectivity index (χ2n) is 5.91. The van der Waals surface area contributed by atoms with Crippen molar-refractivity contribution >= 4 is 0 Å². The Morgan fingerprint density at radius 2 is 1.82 bits per heavy atom. The minimum absolute atomic E-state index is 0.137. The maximum atomic E-state index is 13.0. The maximum Gasteiger partial charge on any atom is 0.152 e. The summed E-state index contributed by atoms with van der Waals surface area (Å²) >= 11 is 0. The Hall–Kier alpha value is -1.87. The van der Waals surface area contributed by atoms with Gasteiger partial charge in [0.25, 0.3) is 0 Å². The first-order valence-electron chi connectivity index (χ1n) is 7.95. The molecule has 22 heavy (non-hydrogen) atoms.